The molecule has 0 saturated carbocycles. The molecule has 0 saturated heterocycles. The van der Waals surface area contributed by atoms with Crippen LogP contribution in [0.4, 0.5) is 5.69 Å². The second-order valence-electron chi connectivity index (χ2n) is 9.15. The molecule has 3 rings (SSSR count). The molecule has 3 aromatic carbocycles. The number of rotatable bonds is 11. The van der Waals surface area contributed by atoms with Crippen molar-refractivity contribution in [1.29, 1.82) is 0 Å². The molecule has 11 heteroatoms. The highest BCUT2D eigenvalue weighted by molar-refractivity contribution is 9.10. The molecule has 8 nitrogen and oxygen atoms in total. The number of benzene rings is 3. The van der Waals surface area contributed by atoms with Crippen molar-refractivity contribution in [3.05, 3.63) is 87.9 Å². The molecule has 0 spiro atoms. The van der Waals surface area contributed by atoms with Crippen LogP contribution < -0.4 is 14.4 Å². The Labute approximate surface area is 243 Å². The van der Waals surface area contributed by atoms with Crippen LogP contribution in [-0.2, 0) is 26.2 Å². The average Bonchev–Trinajstić information content (AvgIpc) is 2.90. The first-order valence-corrected chi connectivity index (χ1v) is 14.8. The molecule has 39 heavy (non-hydrogen) atoms. The summed E-state index contributed by atoms with van der Waals surface area (Å²) in [5.41, 5.74) is 0.998. The Hall–Kier alpha value is -3.08. The van der Waals surface area contributed by atoms with Gasteiger partial charge in [0, 0.05) is 22.1 Å². The minimum Gasteiger partial charge on any atom is -0.497 e. The smallest absolute Gasteiger partial charge is 0.264 e. The van der Waals surface area contributed by atoms with Crippen molar-refractivity contribution in [1.82, 2.24) is 10.2 Å². The van der Waals surface area contributed by atoms with E-state index in [-0.39, 0.29) is 29.1 Å². The monoisotopic (exact) mass is 635 g/mol. The molecule has 3 aromatic rings. The Bertz CT molecular complexity index is 1400. The van der Waals surface area contributed by atoms with E-state index in [1.54, 1.807) is 25.1 Å². The highest BCUT2D eigenvalue weighted by Gasteiger charge is 2.32. The van der Waals surface area contributed by atoms with E-state index < -0.39 is 28.5 Å². The number of methoxy groups -OCH3 is 1. The summed E-state index contributed by atoms with van der Waals surface area (Å²) in [6, 6.07) is 18.5. The average molecular weight is 637 g/mol. The van der Waals surface area contributed by atoms with Gasteiger partial charge in [-0.15, -0.1) is 0 Å². The summed E-state index contributed by atoms with van der Waals surface area (Å²) in [6.07, 6.45) is 0. The maximum atomic E-state index is 13.9. The van der Waals surface area contributed by atoms with E-state index in [1.165, 1.54) is 42.3 Å². The third kappa shape index (κ3) is 7.97. The van der Waals surface area contributed by atoms with Crippen molar-refractivity contribution in [2.24, 2.45) is 0 Å². The molecular formula is C28H31BrClN3O5S. The van der Waals surface area contributed by atoms with Crippen LogP contribution in [0.3, 0.4) is 0 Å². The fourth-order valence-corrected chi connectivity index (χ4v) is 5.66. The largest absolute Gasteiger partial charge is 0.497 e. The zero-order chi connectivity index (χ0) is 28.7. The molecule has 1 unspecified atom stereocenters. The van der Waals surface area contributed by atoms with Gasteiger partial charge in [0.2, 0.25) is 11.8 Å². The number of ether oxygens (including phenoxy) is 1. The lowest BCUT2D eigenvalue weighted by atomic mass is 10.1. The van der Waals surface area contributed by atoms with E-state index in [0.29, 0.717) is 10.8 Å². The molecule has 208 valence electrons. The summed E-state index contributed by atoms with van der Waals surface area (Å²) >= 11 is 9.59. The van der Waals surface area contributed by atoms with Gasteiger partial charge in [-0.2, -0.15) is 0 Å². The molecule has 0 bridgehead atoms. The minimum atomic E-state index is -4.20. The SMILES string of the molecule is COc1ccc(S(=O)(=O)N(CC(=O)N(Cc2ccc(Br)cc2)C(C)C(=O)NC(C)C)c2cccc(Cl)c2)cc1. The van der Waals surface area contributed by atoms with Gasteiger partial charge in [0.05, 0.1) is 17.7 Å². The lowest BCUT2D eigenvalue weighted by Gasteiger charge is -2.32. The minimum absolute atomic E-state index is 0.0267. The van der Waals surface area contributed by atoms with Gasteiger partial charge in [-0.3, -0.25) is 13.9 Å². The number of hydrogen-bond acceptors (Lipinski definition) is 5. The second-order valence-corrected chi connectivity index (χ2v) is 12.4. The summed E-state index contributed by atoms with van der Waals surface area (Å²) in [6.45, 7) is 4.83. The fourth-order valence-electron chi connectivity index (χ4n) is 3.81. The van der Waals surface area contributed by atoms with Gasteiger partial charge < -0.3 is 15.0 Å². The van der Waals surface area contributed by atoms with Gasteiger partial charge in [-0.25, -0.2) is 8.42 Å². The summed E-state index contributed by atoms with van der Waals surface area (Å²) < 4.78 is 34.7. The second kappa shape index (κ2) is 13.3. The van der Waals surface area contributed by atoms with Crippen LogP contribution in [0.1, 0.15) is 26.3 Å². The standard InChI is InChI=1S/C28H31BrClN3O5S/c1-19(2)31-28(35)20(3)32(17-21-8-10-22(29)11-9-21)27(34)18-33(24-7-5-6-23(30)16-24)39(36,37)26-14-12-25(38-4)13-15-26/h5-16,19-20H,17-18H2,1-4H3,(H,31,35). The number of nitrogens with one attached hydrogen (secondary N) is 1. The lowest BCUT2D eigenvalue weighted by molar-refractivity contribution is -0.139. The zero-order valence-electron chi connectivity index (χ0n) is 22.1. The van der Waals surface area contributed by atoms with E-state index in [1.807, 2.05) is 38.1 Å². The summed E-state index contributed by atoms with van der Waals surface area (Å²) in [5, 5.41) is 3.14. The van der Waals surface area contributed by atoms with Crippen molar-refractivity contribution in [3.8, 4) is 5.75 Å². The molecule has 0 aliphatic carbocycles. The summed E-state index contributed by atoms with van der Waals surface area (Å²) in [5.74, 6) is -0.408. The highest BCUT2D eigenvalue weighted by Crippen LogP contribution is 2.28. The van der Waals surface area contributed by atoms with Gasteiger partial charge >= 0.3 is 0 Å². The molecule has 0 aliphatic heterocycles. The summed E-state index contributed by atoms with van der Waals surface area (Å²) in [4.78, 5) is 28.2. The Morgan fingerprint density at radius 1 is 1.00 bits per heavy atom. The third-order valence-corrected chi connectivity index (χ3v) is 8.44. The van der Waals surface area contributed by atoms with E-state index in [0.717, 1.165) is 14.3 Å². The Kier molecular flexibility index (Phi) is 10.4. The van der Waals surface area contributed by atoms with Crippen LogP contribution in [-0.4, -0.2) is 50.9 Å². The van der Waals surface area contributed by atoms with Crippen LogP contribution in [0.15, 0.2) is 82.2 Å². The van der Waals surface area contributed by atoms with Crippen LogP contribution in [0.2, 0.25) is 5.02 Å². The Morgan fingerprint density at radius 3 is 2.21 bits per heavy atom. The number of carbonyl (C=O) groups is 2. The van der Waals surface area contributed by atoms with Gasteiger partial charge in [-0.1, -0.05) is 45.7 Å². The van der Waals surface area contributed by atoms with Crippen LogP contribution in [0.25, 0.3) is 0 Å². The fraction of sp³-hybridized carbons (Fsp3) is 0.286. The number of sulfonamides is 1. The highest BCUT2D eigenvalue weighted by atomic mass is 79.9. The Morgan fingerprint density at radius 2 is 1.64 bits per heavy atom. The summed E-state index contributed by atoms with van der Waals surface area (Å²) in [7, 11) is -2.72. The molecule has 2 amide bonds. The van der Waals surface area contributed by atoms with Crippen molar-refractivity contribution < 1.29 is 22.7 Å². The van der Waals surface area contributed by atoms with Crippen molar-refractivity contribution >= 4 is 55.1 Å². The predicted octanol–water partition coefficient (Wildman–Crippen LogP) is 5.25. The van der Waals surface area contributed by atoms with E-state index in [2.05, 4.69) is 21.2 Å². The van der Waals surface area contributed by atoms with Crippen molar-refractivity contribution in [3.63, 3.8) is 0 Å². The van der Waals surface area contributed by atoms with Gasteiger partial charge in [0.1, 0.15) is 18.3 Å². The van der Waals surface area contributed by atoms with E-state index in [9.17, 15) is 18.0 Å². The maximum absolute atomic E-state index is 13.9. The van der Waals surface area contributed by atoms with E-state index in [4.69, 9.17) is 16.3 Å². The predicted molar refractivity (Wildman–Crippen MR) is 156 cm³/mol. The van der Waals surface area contributed by atoms with Gasteiger partial charge in [0.25, 0.3) is 10.0 Å². The topological polar surface area (TPSA) is 96.0 Å². The maximum Gasteiger partial charge on any atom is 0.264 e. The quantitative estimate of drug-likeness (QED) is 0.310. The first-order chi connectivity index (χ1) is 18.4. The Balaban J connectivity index is 2.03. The molecule has 1 atom stereocenters. The van der Waals surface area contributed by atoms with Gasteiger partial charge in [-0.05, 0) is 80.9 Å². The normalized spacial score (nSPS) is 12.1. The molecule has 0 aromatic heterocycles. The van der Waals surface area contributed by atoms with Crippen molar-refractivity contribution in [2.45, 2.75) is 44.3 Å². The molecule has 1 N–H and O–H groups in total. The van der Waals surface area contributed by atoms with Crippen LogP contribution in [0, 0.1) is 0 Å². The molecule has 0 radical (unpaired) electrons. The van der Waals surface area contributed by atoms with E-state index >= 15 is 0 Å². The number of halogens is 2. The lowest BCUT2D eigenvalue weighted by Crippen LogP contribution is -2.52. The van der Waals surface area contributed by atoms with Crippen LogP contribution in [0.5, 0.6) is 5.75 Å². The number of nitrogens with zero attached hydrogens (tertiary/aromatic N) is 2. The first-order valence-electron chi connectivity index (χ1n) is 12.2. The van der Waals surface area contributed by atoms with Crippen LogP contribution >= 0.6 is 27.5 Å². The third-order valence-electron chi connectivity index (χ3n) is 5.89. The first kappa shape index (κ1) is 30.5. The molecule has 0 fully saturated rings. The van der Waals surface area contributed by atoms with Gasteiger partial charge in [0.15, 0.2) is 0 Å². The number of anilines is 1. The van der Waals surface area contributed by atoms with Crippen molar-refractivity contribution in [2.75, 3.05) is 18.0 Å². The molecule has 0 heterocycles. The zero-order valence-corrected chi connectivity index (χ0v) is 25.3. The number of carbonyl (C=O) groups excluding carboxylic acids is 2. The molecular weight excluding hydrogens is 606 g/mol. The number of hydrogen-bond donors (Lipinski definition) is 1. The molecule has 0 aliphatic rings. The number of amides is 2.